The second-order valence-corrected chi connectivity index (χ2v) is 10.7. The Kier molecular flexibility index (Phi) is 6.35. The number of carbonyl (C=O) groups is 3. The molecule has 3 amide bonds. The van der Waals surface area contributed by atoms with Crippen molar-refractivity contribution in [1.82, 2.24) is 30.6 Å². The molecule has 1 aromatic heterocycles. The van der Waals surface area contributed by atoms with Gasteiger partial charge >= 0.3 is 0 Å². The van der Waals surface area contributed by atoms with Gasteiger partial charge in [0.1, 0.15) is 6.04 Å². The molecule has 0 saturated carbocycles. The number of likely N-dealkylation sites (tertiary alicyclic amines) is 1. The number of piperidine rings is 3. The predicted molar refractivity (Wildman–Crippen MR) is 133 cm³/mol. The third-order valence-electron chi connectivity index (χ3n) is 8.40. The normalized spacial score (nSPS) is 24.3. The number of hydrogen-bond acceptors (Lipinski definition) is 6. The first kappa shape index (κ1) is 23.4. The fourth-order valence-corrected chi connectivity index (χ4v) is 6.28. The summed E-state index contributed by atoms with van der Waals surface area (Å²) < 4.78 is 0. The van der Waals surface area contributed by atoms with Crippen LogP contribution in [0.25, 0.3) is 0 Å². The molecular formula is C27H34N6O3. The molecule has 4 aliphatic heterocycles. The summed E-state index contributed by atoms with van der Waals surface area (Å²) in [7, 11) is 0. The Morgan fingerprint density at radius 3 is 2.53 bits per heavy atom. The number of hydrogen-bond donors (Lipinski definition) is 3. The van der Waals surface area contributed by atoms with Gasteiger partial charge in [0.15, 0.2) is 0 Å². The van der Waals surface area contributed by atoms with Crippen molar-refractivity contribution in [3.8, 4) is 0 Å². The molecule has 3 saturated heterocycles. The van der Waals surface area contributed by atoms with E-state index < -0.39 is 6.04 Å². The molecule has 1 atom stereocenters. The van der Waals surface area contributed by atoms with Crippen molar-refractivity contribution in [1.29, 1.82) is 0 Å². The molecule has 1 unspecified atom stereocenters. The van der Waals surface area contributed by atoms with Crippen molar-refractivity contribution < 1.29 is 14.4 Å². The molecular weight excluding hydrogens is 456 g/mol. The first-order valence-electron chi connectivity index (χ1n) is 13.3. The fourth-order valence-electron chi connectivity index (χ4n) is 6.28. The van der Waals surface area contributed by atoms with Gasteiger partial charge in [-0.2, -0.15) is 5.10 Å². The Morgan fingerprint density at radius 1 is 0.944 bits per heavy atom. The van der Waals surface area contributed by atoms with Crippen LogP contribution in [0.15, 0.2) is 24.3 Å². The molecule has 1 aromatic carbocycles. The van der Waals surface area contributed by atoms with Crippen LogP contribution in [-0.4, -0.2) is 69.9 Å². The van der Waals surface area contributed by atoms with Crippen molar-refractivity contribution in [2.75, 3.05) is 26.2 Å². The van der Waals surface area contributed by atoms with Crippen LogP contribution in [0.3, 0.4) is 0 Å². The maximum atomic E-state index is 12.9. The van der Waals surface area contributed by atoms with E-state index in [0.29, 0.717) is 30.4 Å². The molecule has 9 nitrogen and oxygen atoms in total. The number of rotatable bonds is 5. The molecule has 5 heterocycles. The fraction of sp³-hybridized carbons (Fsp3) is 0.556. The van der Waals surface area contributed by atoms with Crippen molar-refractivity contribution in [3.05, 3.63) is 52.3 Å². The molecule has 0 aliphatic carbocycles. The smallest absolute Gasteiger partial charge is 0.255 e. The van der Waals surface area contributed by atoms with Crippen LogP contribution in [0, 0.1) is 0 Å². The number of aromatic amines is 1. The van der Waals surface area contributed by atoms with Crippen molar-refractivity contribution >= 4 is 17.7 Å². The number of nitrogens with one attached hydrogen (secondary N) is 3. The van der Waals surface area contributed by atoms with Crippen molar-refractivity contribution in [2.45, 2.75) is 69.5 Å². The molecule has 36 heavy (non-hydrogen) atoms. The molecule has 6 rings (SSSR count). The summed E-state index contributed by atoms with van der Waals surface area (Å²) >= 11 is 0. The van der Waals surface area contributed by atoms with Crippen LogP contribution >= 0.6 is 0 Å². The lowest BCUT2D eigenvalue weighted by atomic mass is 9.90. The standard InChI is InChI=1S/C27H34N6O3/c34-25-4-3-24(26(35)29-25)33-16-20-13-17(1-2-21(20)27(33)36)15-32-11-7-19(8-12-32)23-14-22(30-31-23)18-5-9-28-10-6-18/h1-2,13-14,18-19,24,28H,3-12,15-16H2,(H,30,31)(H,29,34,35). The molecule has 3 fully saturated rings. The van der Waals surface area contributed by atoms with Crippen LogP contribution in [0.2, 0.25) is 0 Å². The van der Waals surface area contributed by atoms with E-state index in [2.05, 4.69) is 37.9 Å². The average Bonchev–Trinajstić information content (AvgIpc) is 3.50. The second-order valence-electron chi connectivity index (χ2n) is 10.7. The second kappa shape index (κ2) is 9.78. The minimum atomic E-state index is -0.567. The molecule has 0 bridgehead atoms. The van der Waals surface area contributed by atoms with Gasteiger partial charge in [-0.1, -0.05) is 12.1 Å². The number of amides is 3. The van der Waals surface area contributed by atoms with E-state index in [0.717, 1.165) is 51.1 Å². The third kappa shape index (κ3) is 4.57. The van der Waals surface area contributed by atoms with Crippen LogP contribution in [0.5, 0.6) is 0 Å². The van der Waals surface area contributed by atoms with Crippen LogP contribution in [-0.2, 0) is 22.7 Å². The van der Waals surface area contributed by atoms with E-state index in [4.69, 9.17) is 0 Å². The molecule has 0 radical (unpaired) electrons. The molecule has 190 valence electrons. The molecule has 2 aromatic rings. The van der Waals surface area contributed by atoms with Gasteiger partial charge in [0, 0.05) is 42.6 Å². The monoisotopic (exact) mass is 490 g/mol. The summed E-state index contributed by atoms with van der Waals surface area (Å²) in [6.07, 6.45) is 5.22. The summed E-state index contributed by atoms with van der Waals surface area (Å²) in [5.41, 5.74) is 5.35. The first-order chi connectivity index (χ1) is 17.5. The Bertz CT molecular complexity index is 1160. The van der Waals surface area contributed by atoms with Gasteiger partial charge in [0.2, 0.25) is 11.8 Å². The third-order valence-corrected chi connectivity index (χ3v) is 8.40. The van der Waals surface area contributed by atoms with Gasteiger partial charge in [-0.3, -0.25) is 29.7 Å². The summed E-state index contributed by atoms with van der Waals surface area (Å²) in [6.45, 7) is 5.51. The molecule has 3 N–H and O–H groups in total. The molecule has 0 spiro atoms. The number of H-pyrrole nitrogens is 1. The zero-order valence-corrected chi connectivity index (χ0v) is 20.6. The highest BCUT2D eigenvalue weighted by Crippen LogP contribution is 2.32. The Balaban J connectivity index is 1.04. The Hall–Kier alpha value is -3.04. The van der Waals surface area contributed by atoms with E-state index >= 15 is 0 Å². The Labute approximate surface area is 211 Å². The van der Waals surface area contributed by atoms with Gasteiger partial charge in [-0.25, -0.2) is 0 Å². The van der Waals surface area contributed by atoms with Crippen LogP contribution in [0.1, 0.15) is 83.2 Å². The lowest BCUT2D eigenvalue weighted by molar-refractivity contribution is -0.136. The van der Waals surface area contributed by atoms with Crippen LogP contribution < -0.4 is 10.6 Å². The van der Waals surface area contributed by atoms with Gasteiger partial charge in [0.05, 0.1) is 5.69 Å². The highest BCUT2D eigenvalue weighted by molar-refractivity contribution is 6.05. The maximum absolute atomic E-state index is 12.9. The van der Waals surface area contributed by atoms with Gasteiger partial charge in [-0.15, -0.1) is 0 Å². The van der Waals surface area contributed by atoms with Crippen molar-refractivity contribution in [2.24, 2.45) is 0 Å². The van der Waals surface area contributed by atoms with E-state index in [9.17, 15) is 14.4 Å². The number of imide groups is 1. The maximum Gasteiger partial charge on any atom is 0.255 e. The minimum Gasteiger partial charge on any atom is -0.322 e. The van der Waals surface area contributed by atoms with E-state index in [-0.39, 0.29) is 24.1 Å². The number of nitrogens with zero attached hydrogens (tertiary/aromatic N) is 3. The van der Waals surface area contributed by atoms with Gasteiger partial charge in [0.25, 0.3) is 5.91 Å². The number of carbonyl (C=O) groups excluding carboxylic acids is 3. The topological polar surface area (TPSA) is 110 Å². The number of fused-ring (bicyclic) bond motifs is 1. The highest BCUT2D eigenvalue weighted by atomic mass is 16.2. The zero-order chi connectivity index (χ0) is 24.6. The minimum absolute atomic E-state index is 0.115. The zero-order valence-electron chi connectivity index (χ0n) is 20.6. The van der Waals surface area contributed by atoms with Gasteiger partial charge in [-0.05, 0) is 81.5 Å². The summed E-state index contributed by atoms with van der Waals surface area (Å²) in [5.74, 6) is 0.366. The summed E-state index contributed by atoms with van der Waals surface area (Å²) in [4.78, 5) is 40.8. The largest absolute Gasteiger partial charge is 0.322 e. The molecule has 4 aliphatic rings. The van der Waals surface area contributed by atoms with Crippen molar-refractivity contribution in [3.63, 3.8) is 0 Å². The van der Waals surface area contributed by atoms with Crippen LogP contribution in [0.4, 0.5) is 0 Å². The summed E-state index contributed by atoms with van der Waals surface area (Å²) in [5, 5.41) is 13.8. The Morgan fingerprint density at radius 2 is 1.75 bits per heavy atom. The predicted octanol–water partition coefficient (Wildman–Crippen LogP) is 2.02. The van der Waals surface area contributed by atoms with E-state index in [1.54, 1.807) is 4.90 Å². The summed E-state index contributed by atoms with van der Waals surface area (Å²) in [6, 6.07) is 7.80. The quantitative estimate of drug-likeness (QED) is 0.553. The van der Waals surface area contributed by atoms with E-state index in [1.807, 2.05) is 12.1 Å². The highest BCUT2D eigenvalue weighted by Gasteiger charge is 2.39. The first-order valence-corrected chi connectivity index (χ1v) is 13.3. The number of benzene rings is 1. The lowest BCUT2D eigenvalue weighted by Crippen LogP contribution is -2.52. The van der Waals surface area contributed by atoms with E-state index in [1.165, 1.54) is 29.8 Å². The SMILES string of the molecule is O=C1CCC(N2Cc3cc(CN4CCC(c5cc(C6CCNCC6)n[nH]5)CC4)ccc3C2=O)C(=O)N1. The van der Waals surface area contributed by atoms with Gasteiger partial charge < -0.3 is 10.2 Å². The number of aromatic nitrogens is 2. The average molecular weight is 491 g/mol. The lowest BCUT2D eigenvalue weighted by Gasteiger charge is -2.31. The molecule has 9 heteroatoms.